The first-order valence-corrected chi connectivity index (χ1v) is 11.3. The van der Waals surface area contributed by atoms with Crippen molar-refractivity contribution in [1.82, 2.24) is 9.97 Å². The molecule has 0 radical (unpaired) electrons. The fraction of sp³-hybridized carbons (Fsp3) is 0.286. The molecule has 0 amide bonds. The van der Waals surface area contributed by atoms with Crippen molar-refractivity contribution in [3.05, 3.63) is 59.4 Å². The van der Waals surface area contributed by atoms with E-state index in [0.717, 1.165) is 17.5 Å². The predicted molar refractivity (Wildman–Crippen MR) is 116 cm³/mol. The van der Waals surface area contributed by atoms with E-state index in [1.807, 2.05) is 36.4 Å². The minimum absolute atomic E-state index is 0.165. The van der Waals surface area contributed by atoms with E-state index in [-0.39, 0.29) is 28.5 Å². The van der Waals surface area contributed by atoms with Crippen LogP contribution in [0, 0.1) is 0 Å². The quantitative estimate of drug-likeness (QED) is 0.534. The van der Waals surface area contributed by atoms with Crippen LogP contribution in [0.15, 0.2) is 42.6 Å². The highest BCUT2D eigenvalue weighted by Crippen LogP contribution is 2.51. The van der Waals surface area contributed by atoms with Gasteiger partial charge in [0, 0.05) is 18.1 Å². The lowest BCUT2D eigenvalue weighted by molar-refractivity contribution is 0.0591. The average molecular weight is 429 g/mol. The van der Waals surface area contributed by atoms with Crippen molar-refractivity contribution in [2.24, 2.45) is 0 Å². The van der Waals surface area contributed by atoms with Crippen molar-refractivity contribution in [3.63, 3.8) is 0 Å². The Morgan fingerprint density at radius 2 is 1.97 bits per heavy atom. The van der Waals surface area contributed by atoms with Crippen LogP contribution in [0.3, 0.4) is 0 Å². The van der Waals surface area contributed by atoms with Gasteiger partial charge >= 0.3 is 5.97 Å². The van der Waals surface area contributed by atoms with E-state index in [2.05, 4.69) is 9.97 Å². The third-order valence-electron chi connectivity index (χ3n) is 5.10. The number of aromatic hydroxyl groups is 1. The number of hydrogen-bond donors (Lipinski definition) is 3. The van der Waals surface area contributed by atoms with Crippen molar-refractivity contribution >= 4 is 33.5 Å². The monoisotopic (exact) mass is 429 g/mol. The molecule has 4 rings (SSSR count). The van der Waals surface area contributed by atoms with Crippen molar-refractivity contribution in [2.75, 3.05) is 23.7 Å². The summed E-state index contributed by atoms with van der Waals surface area (Å²) < 4.78 is 27.4. The summed E-state index contributed by atoms with van der Waals surface area (Å²) in [7, 11) is -1.90. The number of aromatic nitrogens is 2. The fourth-order valence-electron chi connectivity index (χ4n) is 3.61. The van der Waals surface area contributed by atoms with Crippen molar-refractivity contribution in [2.45, 2.75) is 19.3 Å². The Balaban J connectivity index is 1.90. The molecule has 1 aromatic carbocycles. The standard InChI is InChI=1S/C21H23N3O5S/c1-29-21(26)18-19(25)17-16(20(23-18)24-9-5-6-10-30(24,27)28)12-15(13-22-17)11-14-7-3-2-4-8-14/h2-4,7-8,12-13,25,27-28H,5-6,9-11H2,1H3. The minimum atomic E-state index is -3.09. The third kappa shape index (κ3) is 3.79. The SMILES string of the molecule is COC(=O)c1nc(N2CCCCS2(O)O)c2cc(Cc3ccccc3)cnc2c1O. The average Bonchev–Trinajstić information content (AvgIpc) is 2.74. The van der Waals surface area contributed by atoms with Crippen LogP contribution in [0.25, 0.3) is 10.9 Å². The van der Waals surface area contributed by atoms with Crippen LogP contribution < -0.4 is 4.31 Å². The number of anilines is 1. The number of ether oxygens (including phenoxy) is 1. The van der Waals surface area contributed by atoms with Gasteiger partial charge in [-0.3, -0.25) is 18.4 Å². The molecule has 158 valence electrons. The molecule has 0 bridgehead atoms. The number of rotatable bonds is 4. The highest BCUT2D eigenvalue weighted by molar-refractivity contribution is 8.25. The summed E-state index contributed by atoms with van der Waals surface area (Å²) in [5.74, 6) is -0.771. The smallest absolute Gasteiger partial charge is 0.360 e. The zero-order chi connectivity index (χ0) is 21.3. The molecule has 0 unspecified atom stereocenters. The van der Waals surface area contributed by atoms with Crippen LogP contribution >= 0.6 is 10.8 Å². The summed E-state index contributed by atoms with van der Waals surface area (Å²) in [4.78, 5) is 20.9. The highest BCUT2D eigenvalue weighted by atomic mass is 32.3. The van der Waals surface area contributed by atoms with E-state index in [1.54, 1.807) is 6.20 Å². The van der Waals surface area contributed by atoms with Crippen LogP contribution in [0.1, 0.15) is 34.5 Å². The normalized spacial score (nSPS) is 17.0. The molecule has 0 atom stereocenters. The second-order valence-corrected chi connectivity index (χ2v) is 9.29. The number of hydrogen-bond acceptors (Lipinski definition) is 8. The van der Waals surface area contributed by atoms with Gasteiger partial charge in [-0.25, -0.2) is 9.78 Å². The largest absolute Gasteiger partial charge is 0.504 e. The lowest BCUT2D eigenvalue weighted by atomic mass is 10.0. The summed E-state index contributed by atoms with van der Waals surface area (Å²) in [5.41, 5.74) is 1.82. The van der Waals surface area contributed by atoms with Crippen LogP contribution in [-0.4, -0.2) is 49.6 Å². The van der Waals surface area contributed by atoms with E-state index in [4.69, 9.17) is 4.74 Å². The van der Waals surface area contributed by atoms with Gasteiger partial charge in [0.05, 0.1) is 12.9 Å². The fourth-order valence-corrected chi connectivity index (χ4v) is 5.26. The number of nitrogens with zero attached hydrogens (tertiary/aromatic N) is 3. The maximum atomic E-state index is 12.2. The molecule has 3 N–H and O–H groups in total. The molecule has 1 aliphatic heterocycles. The number of esters is 1. The van der Waals surface area contributed by atoms with Gasteiger partial charge in [0.1, 0.15) is 5.52 Å². The van der Waals surface area contributed by atoms with Crippen LogP contribution in [0.5, 0.6) is 5.75 Å². The summed E-state index contributed by atoms with van der Waals surface area (Å²) in [6.45, 7) is 0.374. The second kappa shape index (κ2) is 8.10. The molecule has 1 fully saturated rings. The maximum Gasteiger partial charge on any atom is 0.360 e. The molecule has 1 saturated heterocycles. The first-order chi connectivity index (χ1) is 14.4. The van der Waals surface area contributed by atoms with E-state index >= 15 is 0 Å². The van der Waals surface area contributed by atoms with Gasteiger partial charge in [0.2, 0.25) is 0 Å². The molecule has 30 heavy (non-hydrogen) atoms. The number of carbonyl (C=O) groups is 1. The Bertz CT molecular complexity index is 1090. The van der Waals surface area contributed by atoms with Gasteiger partial charge in [-0.15, -0.1) is 10.8 Å². The Hall–Kier alpha value is -2.88. The topological polar surface area (TPSA) is 116 Å². The molecule has 2 aromatic heterocycles. The number of carbonyl (C=O) groups excluding carboxylic acids is 1. The number of pyridine rings is 2. The molecule has 0 spiro atoms. The van der Waals surface area contributed by atoms with Crippen LogP contribution in [0.2, 0.25) is 0 Å². The molecular weight excluding hydrogens is 406 g/mol. The number of methoxy groups -OCH3 is 1. The molecule has 3 aromatic rings. The van der Waals surface area contributed by atoms with Gasteiger partial charge in [0.25, 0.3) is 0 Å². The Morgan fingerprint density at radius 1 is 1.20 bits per heavy atom. The molecule has 9 heteroatoms. The van der Waals surface area contributed by atoms with Crippen molar-refractivity contribution < 1.29 is 23.7 Å². The third-order valence-corrected chi connectivity index (χ3v) is 7.00. The van der Waals surface area contributed by atoms with Gasteiger partial charge < -0.3 is 9.84 Å². The Labute approximate surface area is 175 Å². The lowest BCUT2D eigenvalue weighted by Crippen LogP contribution is -2.35. The summed E-state index contributed by atoms with van der Waals surface area (Å²) in [6, 6.07) is 11.7. The molecule has 0 aliphatic carbocycles. The maximum absolute atomic E-state index is 12.2. The van der Waals surface area contributed by atoms with E-state index in [0.29, 0.717) is 24.8 Å². The minimum Gasteiger partial charge on any atom is -0.504 e. The summed E-state index contributed by atoms with van der Waals surface area (Å²) in [5, 5.41) is 11.1. The van der Waals surface area contributed by atoms with Gasteiger partial charge in [-0.1, -0.05) is 30.3 Å². The summed E-state index contributed by atoms with van der Waals surface area (Å²) >= 11 is 0. The van der Waals surface area contributed by atoms with E-state index < -0.39 is 16.7 Å². The van der Waals surface area contributed by atoms with Crippen molar-refractivity contribution in [3.8, 4) is 5.75 Å². The molecule has 8 nitrogen and oxygen atoms in total. The van der Waals surface area contributed by atoms with Crippen LogP contribution in [0.4, 0.5) is 5.82 Å². The molecular formula is C21H23N3O5S. The highest BCUT2D eigenvalue weighted by Gasteiger charge is 2.32. The molecule has 1 aliphatic rings. The van der Waals surface area contributed by atoms with Gasteiger partial charge in [-0.2, -0.15) is 0 Å². The van der Waals surface area contributed by atoms with Crippen LogP contribution in [-0.2, 0) is 11.2 Å². The first kappa shape index (κ1) is 20.4. The Kier molecular flexibility index (Phi) is 5.50. The van der Waals surface area contributed by atoms with Gasteiger partial charge in [-0.05, 0) is 36.5 Å². The zero-order valence-corrected chi connectivity index (χ0v) is 17.3. The Morgan fingerprint density at radius 3 is 2.67 bits per heavy atom. The predicted octanol–water partition coefficient (Wildman–Crippen LogP) is 3.98. The first-order valence-electron chi connectivity index (χ1n) is 9.58. The number of benzene rings is 1. The van der Waals surface area contributed by atoms with E-state index in [1.165, 1.54) is 11.4 Å². The number of fused-ring (bicyclic) bond motifs is 1. The zero-order valence-electron chi connectivity index (χ0n) is 16.5. The molecule has 3 heterocycles. The summed E-state index contributed by atoms with van der Waals surface area (Å²) in [6.07, 6.45) is 3.69. The van der Waals surface area contributed by atoms with Gasteiger partial charge in [0.15, 0.2) is 17.3 Å². The van der Waals surface area contributed by atoms with Crippen molar-refractivity contribution in [1.29, 1.82) is 0 Å². The van der Waals surface area contributed by atoms with E-state index in [9.17, 15) is 19.0 Å². The molecule has 0 saturated carbocycles. The lowest BCUT2D eigenvalue weighted by Gasteiger charge is -2.47. The second-order valence-electron chi connectivity index (χ2n) is 7.17.